The molecule has 0 N–H and O–H groups in total. The zero-order valence-electron chi connectivity index (χ0n) is 35.2. The number of nitriles is 1. The second-order valence-electron chi connectivity index (χ2n) is 16.9. The normalized spacial score (nSPS) is 12.5. The van der Waals surface area contributed by atoms with Gasteiger partial charge in [0, 0.05) is 43.4 Å². The Kier molecular flexibility index (Phi) is 8.23. The smallest absolute Gasteiger partial charge is 0.416 e. The third kappa shape index (κ3) is 5.77. The van der Waals surface area contributed by atoms with Crippen LogP contribution in [0.4, 0.5) is 26.3 Å². The molecule has 0 radical (unpaired) electrons. The molecule has 9 aromatic carbocycles. The van der Waals surface area contributed by atoms with Gasteiger partial charge in [-0.05, 0) is 102 Å². The molecule has 0 aliphatic carbocycles. The van der Waals surface area contributed by atoms with E-state index in [-0.39, 0.29) is 17.2 Å². The average molecular weight is 902 g/mol. The van der Waals surface area contributed by atoms with Gasteiger partial charge in [0.25, 0.3) is 0 Å². The third-order valence-electron chi connectivity index (χ3n) is 13.2. The number of nitrogens with zero attached hydrogens (tertiary/aromatic N) is 3. The molecular formula is C57H29F6N3O2. The molecule has 0 fully saturated rings. The lowest BCUT2D eigenvalue weighted by molar-refractivity contribution is -0.143. The summed E-state index contributed by atoms with van der Waals surface area (Å²) in [6.45, 7) is 0. The first-order chi connectivity index (χ1) is 32.9. The number of hydrogen-bond donors (Lipinski definition) is 0. The van der Waals surface area contributed by atoms with Crippen molar-refractivity contribution in [3.8, 4) is 39.7 Å². The van der Waals surface area contributed by atoms with Crippen LogP contribution in [0.2, 0.25) is 0 Å². The van der Waals surface area contributed by atoms with E-state index in [1.165, 1.54) is 0 Å². The maximum atomic E-state index is 14.4. The number of fused-ring (bicyclic) bond motifs is 14. The number of hydrogen-bond acceptors (Lipinski definition) is 3. The Morgan fingerprint density at radius 3 is 1.43 bits per heavy atom. The fourth-order valence-electron chi connectivity index (χ4n) is 10.3. The highest BCUT2D eigenvalue weighted by molar-refractivity contribution is 6.25. The standard InChI is InChI=1S/C57H29F6N3O2/c58-56(59,60)34-26-33(27-35(29-34)57(61,62)63)32-18-22-46(65-44-13-5-1-11-41(44)52-47(65)23-20-39-37-9-3-7-15-50(37)67-54(39)52)43(28-32)36-19-17-31(30-64)25-49(36)66-45-14-6-2-12-42(45)53-48(66)24-21-40-38-10-4-8-16-51(38)68-55(40)53/h1-29H. The van der Waals surface area contributed by atoms with E-state index in [0.29, 0.717) is 44.8 Å². The van der Waals surface area contributed by atoms with Crippen molar-refractivity contribution in [2.45, 2.75) is 12.4 Å². The van der Waals surface area contributed by atoms with Crippen LogP contribution < -0.4 is 0 Å². The molecule has 0 bridgehead atoms. The highest BCUT2D eigenvalue weighted by Gasteiger charge is 2.37. The molecule has 0 unspecified atom stereocenters. The highest BCUT2D eigenvalue weighted by atomic mass is 19.4. The van der Waals surface area contributed by atoms with Crippen LogP contribution in [-0.2, 0) is 12.4 Å². The van der Waals surface area contributed by atoms with E-state index in [0.717, 1.165) is 82.9 Å². The van der Waals surface area contributed by atoms with Crippen LogP contribution in [0.25, 0.3) is 121 Å². The first-order valence-corrected chi connectivity index (χ1v) is 21.6. The minimum atomic E-state index is -5.06. The van der Waals surface area contributed by atoms with Crippen molar-refractivity contribution in [1.29, 1.82) is 5.26 Å². The van der Waals surface area contributed by atoms with Gasteiger partial charge in [-0.15, -0.1) is 0 Å². The molecule has 0 amide bonds. The summed E-state index contributed by atoms with van der Waals surface area (Å²) in [6, 6.07) is 53.3. The van der Waals surface area contributed by atoms with Crippen molar-refractivity contribution in [3.63, 3.8) is 0 Å². The maximum Gasteiger partial charge on any atom is 0.416 e. The van der Waals surface area contributed by atoms with E-state index < -0.39 is 23.5 Å². The molecule has 0 saturated carbocycles. The zero-order chi connectivity index (χ0) is 46.2. The van der Waals surface area contributed by atoms with Crippen molar-refractivity contribution in [2.24, 2.45) is 0 Å². The molecular weight excluding hydrogens is 873 g/mol. The van der Waals surface area contributed by atoms with Crippen LogP contribution in [0, 0.1) is 11.3 Å². The average Bonchev–Trinajstić information content (AvgIpc) is 4.10. The van der Waals surface area contributed by atoms with E-state index in [2.05, 4.69) is 10.6 Å². The topological polar surface area (TPSA) is 59.9 Å². The molecule has 326 valence electrons. The number of para-hydroxylation sites is 4. The minimum Gasteiger partial charge on any atom is -0.455 e. The molecule has 13 rings (SSSR count). The number of furan rings is 2. The number of aromatic nitrogens is 2. The van der Waals surface area contributed by atoms with Crippen molar-refractivity contribution in [3.05, 3.63) is 193 Å². The van der Waals surface area contributed by atoms with Gasteiger partial charge in [0.1, 0.15) is 22.3 Å². The van der Waals surface area contributed by atoms with Crippen molar-refractivity contribution in [1.82, 2.24) is 9.13 Å². The minimum absolute atomic E-state index is 0.113. The molecule has 0 aliphatic rings. The number of halogens is 6. The second-order valence-corrected chi connectivity index (χ2v) is 16.9. The van der Waals surface area contributed by atoms with Gasteiger partial charge in [-0.25, -0.2) is 0 Å². The molecule has 0 atom stereocenters. The van der Waals surface area contributed by atoms with Gasteiger partial charge in [0.15, 0.2) is 0 Å². The zero-order valence-corrected chi connectivity index (χ0v) is 35.2. The van der Waals surface area contributed by atoms with Crippen molar-refractivity contribution in [2.75, 3.05) is 0 Å². The van der Waals surface area contributed by atoms with Crippen LogP contribution in [0.3, 0.4) is 0 Å². The van der Waals surface area contributed by atoms with Gasteiger partial charge in [-0.2, -0.15) is 31.6 Å². The Morgan fingerprint density at radius 1 is 0.397 bits per heavy atom. The Bertz CT molecular complexity index is 4300. The lowest BCUT2D eigenvalue weighted by Gasteiger charge is -2.20. The van der Waals surface area contributed by atoms with E-state index >= 15 is 0 Å². The van der Waals surface area contributed by atoms with E-state index in [1.54, 1.807) is 36.4 Å². The predicted molar refractivity (Wildman–Crippen MR) is 255 cm³/mol. The second kappa shape index (κ2) is 14.1. The first kappa shape index (κ1) is 39.6. The highest BCUT2D eigenvalue weighted by Crippen LogP contribution is 2.47. The molecule has 0 saturated heterocycles. The van der Waals surface area contributed by atoms with Gasteiger partial charge >= 0.3 is 12.4 Å². The van der Waals surface area contributed by atoms with Gasteiger partial charge < -0.3 is 18.0 Å². The van der Waals surface area contributed by atoms with Crippen LogP contribution in [0.15, 0.2) is 185 Å². The molecule has 0 aliphatic heterocycles. The van der Waals surface area contributed by atoms with Crippen molar-refractivity contribution < 1.29 is 35.2 Å². The summed E-state index contributed by atoms with van der Waals surface area (Å²) in [5.41, 5.74) is 5.29. The largest absolute Gasteiger partial charge is 0.455 e. The van der Waals surface area contributed by atoms with E-state index in [9.17, 15) is 31.6 Å². The van der Waals surface area contributed by atoms with E-state index in [4.69, 9.17) is 8.83 Å². The summed E-state index contributed by atoms with van der Waals surface area (Å²) in [5.74, 6) is 0. The van der Waals surface area contributed by atoms with E-state index in [1.807, 2.05) is 126 Å². The Balaban J connectivity index is 1.16. The predicted octanol–water partition coefficient (Wildman–Crippen LogP) is 16.9. The summed E-state index contributed by atoms with van der Waals surface area (Å²) in [7, 11) is 0. The Hall–Kier alpha value is -8.75. The van der Waals surface area contributed by atoms with Gasteiger partial charge in [0.2, 0.25) is 0 Å². The molecule has 0 spiro atoms. The Morgan fingerprint density at radius 2 is 0.897 bits per heavy atom. The summed E-state index contributed by atoms with van der Waals surface area (Å²) in [5, 5.41) is 17.6. The summed E-state index contributed by atoms with van der Waals surface area (Å²) >= 11 is 0. The van der Waals surface area contributed by atoms with Crippen LogP contribution in [0.5, 0.6) is 0 Å². The lowest BCUT2D eigenvalue weighted by atomic mass is 9.93. The molecule has 4 aromatic heterocycles. The molecule has 11 heteroatoms. The van der Waals surface area contributed by atoms with Crippen LogP contribution >= 0.6 is 0 Å². The SMILES string of the molecule is N#Cc1ccc(-c2cc(-c3cc(C(F)(F)F)cc(C(F)(F)F)c3)ccc2-n2c3ccccc3c3c4oc5ccccc5c4ccc32)c(-n2c3ccccc3c3c4oc5ccccc5c4ccc32)c1. The number of rotatable bonds is 4. The maximum absolute atomic E-state index is 14.4. The van der Waals surface area contributed by atoms with Gasteiger partial charge in [0.05, 0.1) is 67.0 Å². The fraction of sp³-hybridized carbons (Fsp3) is 0.0351. The number of alkyl halides is 6. The molecule has 5 nitrogen and oxygen atoms in total. The quantitative estimate of drug-likeness (QED) is 0.165. The van der Waals surface area contributed by atoms with Crippen LogP contribution in [0.1, 0.15) is 16.7 Å². The van der Waals surface area contributed by atoms with Crippen LogP contribution in [-0.4, -0.2) is 9.13 Å². The molecule has 68 heavy (non-hydrogen) atoms. The summed E-state index contributed by atoms with van der Waals surface area (Å²) < 4.78 is 104. The third-order valence-corrected chi connectivity index (χ3v) is 13.2. The van der Waals surface area contributed by atoms with Gasteiger partial charge in [-0.1, -0.05) is 84.9 Å². The number of benzene rings is 9. The van der Waals surface area contributed by atoms with Gasteiger partial charge in [-0.3, -0.25) is 0 Å². The molecule has 4 heterocycles. The summed E-state index contributed by atoms with van der Waals surface area (Å²) in [6.07, 6.45) is -10.1. The fourth-order valence-corrected chi connectivity index (χ4v) is 10.3. The Labute approximate surface area is 380 Å². The molecule has 13 aromatic rings. The lowest BCUT2D eigenvalue weighted by Crippen LogP contribution is -2.11. The first-order valence-electron chi connectivity index (χ1n) is 21.6. The van der Waals surface area contributed by atoms with Crippen molar-refractivity contribution >= 4 is 87.5 Å². The monoisotopic (exact) mass is 901 g/mol. The summed E-state index contributed by atoms with van der Waals surface area (Å²) in [4.78, 5) is 0.